The highest BCUT2D eigenvalue weighted by Gasteiger charge is 2.15. The number of benzene rings is 1. The molecule has 1 rings (SSSR count). The lowest BCUT2D eigenvalue weighted by atomic mass is 10.1. The molecule has 1 aromatic rings. The van der Waals surface area contributed by atoms with Crippen molar-refractivity contribution in [1.82, 2.24) is 0 Å². The van der Waals surface area contributed by atoms with Gasteiger partial charge < -0.3 is 15.6 Å². The molecule has 0 aliphatic carbocycles. The number of carbonyl (C=O) groups is 1. The van der Waals surface area contributed by atoms with Gasteiger partial charge in [0.15, 0.2) is 0 Å². The van der Waals surface area contributed by atoms with E-state index in [1.54, 1.807) is 0 Å². The number of halogens is 1. The van der Waals surface area contributed by atoms with E-state index in [0.29, 0.717) is 5.75 Å². The number of carboxylic acids is 1. The summed E-state index contributed by atoms with van der Waals surface area (Å²) >= 11 is 0. The Morgan fingerprint density at radius 3 is 2.87 bits per heavy atom. The van der Waals surface area contributed by atoms with Crippen LogP contribution in [-0.4, -0.2) is 24.2 Å². The molecule has 0 radical (unpaired) electrons. The molecule has 0 saturated heterocycles. The van der Waals surface area contributed by atoms with Crippen molar-refractivity contribution < 1.29 is 19.0 Å². The van der Waals surface area contributed by atoms with E-state index in [2.05, 4.69) is 0 Å². The van der Waals surface area contributed by atoms with Gasteiger partial charge in [0, 0.05) is 6.42 Å². The van der Waals surface area contributed by atoms with Crippen LogP contribution in [0.25, 0.3) is 0 Å². The van der Waals surface area contributed by atoms with Crippen LogP contribution in [0.4, 0.5) is 4.39 Å². The highest BCUT2D eigenvalue weighted by atomic mass is 19.1. The van der Waals surface area contributed by atoms with Crippen molar-refractivity contribution in [3.05, 3.63) is 29.6 Å². The average Bonchev–Trinajstić information content (AvgIpc) is 2.21. The Bertz CT molecular complexity index is 368. The fourth-order valence-electron chi connectivity index (χ4n) is 1.16. The van der Waals surface area contributed by atoms with Crippen LogP contribution < -0.4 is 10.5 Å². The predicted molar refractivity (Wildman–Crippen MR) is 52.3 cm³/mol. The maximum absolute atomic E-state index is 13.2. The monoisotopic (exact) mass is 213 g/mol. The highest BCUT2D eigenvalue weighted by molar-refractivity contribution is 5.73. The van der Waals surface area contributed by atoms with E-state index in [1.165, 1.54) is 25.3 Å². The SMILES string of the molecule is COc1ccc(F)c(CC(N)C(=O)O)c1. The molecule has 0 aromatic heterocycles. The number of ether oxygens (including phenoxy) is 1. The molecule has 0 fully saturated rings. The third-order valence-corrected chi connectivity index (χ3v) is 2.01. The molecule has 4 nitrogen and oxygen atoms in total. The summed E-state index contributed by atoms with van der Waals surface area (Å²) < 4.78 is 18.1. The zero-order chi connectivity index (χ0) is 11.4. The third kappa shape index (κ3) is 2.92. The fourth-order valence-corrected chi connectivity index (χ4v) is 1.16. The standard InChI is InChI=1S/C10H12FNO3/c1-15-7-2-3-8(11)6(4-7)5-9(12)10(13)14/h2-4,9H,5,12H2,1H3,(H,13,14). The van der Waals surface area contributed by atoms with Gasteiger partial charge in [-0.05, 0) is 23.8 Å². The third-order valence-electron chi connectivity index (χ3n) is 2.01. The molecule has 3 N–H and O–H groups in total. The second-order valence-electron chi connectivity index (χ2n) is 3.11. The Morgan fingerprint density at radius 1 is 1.67 bits per heavy atom. The van der Waals surface area contributed by atoms with E-state index < -0.39 is 17.8 Å². The molecule has 1 unspecified atom stereocenters. The molecular formula is C10H12FNO3. The van der Waals surface area contributed by atoms with E-state index in [9.17, 15) is 9.18 Å². The smallest absolute Gasteiger partial charge is 0.320 e. The summed E-state index contributed by atoms with van der Waals surface area (Å²) in [5.41, 5.74) is 5.54. The lowest BCUT2D eigenvalue weighted by Gasteiger charge is -2.08. The quantitative estimate of drug-likeness (QED) is 0.775. The summed E-state index contributed by atoms with van der Waals surface area (Å²) in [5.74, 6) is -1.16. The van der Waals surface area contributed by atoms with Gasteiger partial charge in [-0.15, -0.1) is 0 Å². The molecule has 0 spiro atoms. The first-order chi connectivity index (χ1) is 7.04. The molecule has 1 aromatic carbocycles. The van der Waals surface area contributed by atoms with E-state index >= 15 is 0 Å². The van der Waals surface area contributed by atoms with E-state index in [-0.39, 0.29) is 12.0 Å². The number of hydrogen-bond donors (Lipinski definition) is 2. The first kappa shape index (κ1) is 11.5. The van der Waals surface area contributed by atoms with Crippen LogP contribution in [0, 0.1) is 5.82 Å². The number of aliphatic carboxylic acids is 1. The van der Waals surface area contributed by atoms with Crippen LogP contribution in [-0.2, 0) is 11.2 Å². The van der Waals surface area contributed by atoms with Crippen LogP contribution in [0.3, 0.4) is 0 Å². The highest BCUT2D eigenvalue weighted by Crippen LogP contribution is 2.17. The molecule has 0 aliphatic rings. The summed E-state index contributed by atoms with van der Waals surface area (Å²) in [6.07, 6.45) is -0.0572. The van der Waals surface area contributed by atoms with Crippen molar-refractivity contribution in [3.63, 3.8) is 0 Å². The maximum Gasteiger partial charge on any atom is 0.320 e. The van der Waals surface area contributed by atoms with Crippen LogP contribution >= 0.6 is 0 Å². The Kier molecular flexibility index (Phi) is 3.62. The van der Waals surface area contributed by atoms with Crippen molar-refractivity contribution >= 4 is 5.97 Å². The summed E-state index contributed by atoms with van der Waals surface area (Å²) in [4.78, 5) is 10.5. The number of rotatable bonds is 4. The van der Waals surface area contributed by atoms with Crippen molar-refractivity contribution in [3.8, 4) is 5.75 Å². The largest absolute Gasteiger partial charge is 0.497 e. The number of methoxy groups -OCH3 is 1. The number of hydrogen-bond acceptors (Lipinski definition) is 3. The Balaban J connectivity index is 2.88. The first-order valence-corrected chi connectivity index (χ1v) is 4.35. The minimum absolute atomic E-state index is 0.0572. The van der Waals surface area contributed by atoms with Crippen molar-refractivity contribution in [2.75, 3.05) is 7.11 Å². The van der Waals surface area contributed by atoms with Crippen LogP contribution in [0.2, 0.25) is 0 Å². The van der Waals surface area contributed by atoms with Gasteiger partial charge in [0.2, 0.25) is 0 Å². The molecule has 0 amide bonds. The zero-order valence-corrected chi connectivity index (χ0v) is 8.24. The zero-order valence-electron chi connectivity index (χ0n) is 8.24. The molecule has 0 aliphatic heterocycles. The minimum Gasteiger partial charge on any atom is -0.497 e. The van der Waals surface area contributed by atoms with Crippen molar-refractivity contribution in [2.45, 2.75) is 12.5 Å². The molecule has 0 saturated carbocycles. The second-order valence-corrected chi connectivity index (χ2v) is 3.11. The van der Waals surface area contributed by atoms with E-state index in [4.69, 9.17) is 15.6 Å². The van der Waals surface area contributed by atoms with Gasteiger partial charge in [0.05, 0.1) is 7.11 Å². The Hall–Kier alpha value is -1.62. The Morgan fingerprint density at radius 2 is 2.33 bits per heavy atom. The predicted octanol–water partition coefficient (Wildman–Crippen LogP) is 0.789. The number of carboxylic acid groups (broad SMARTS) is 1. The van der Waals surface area contributed by atoms with Crippen molar-refractivity contribution in [2.24, 2.45) is 5.73 Å². The second kappa shape index (κ2) is 4.75. The van der Waals surface area contributed by atoms with Gasteiger partial charge in [-0.3, -0.25) is 4.79 Å². The molecule has 82 valence electrons. The molecular weight excluding hydrogens is 201 g/mol. The summed E-state index contributed by atoms with van der Waals surface area (Å²) in [6, 6.07) is 3.03. The normalized spacial score (nSPS) is 12.2. The van der Waals surface area contributed by atoms with Gasteiger partial charge in [-0.25, -0.2) is 4.39 Å². The lowest BCUT2D eigenvalue weighted by Crippen LogP contribution is -2.32. The van der Waals surface area contributed by atoms with Crippen LogP contribution in [0.1, 0.15) is 5.56 Å². The van der Waals surface area contributed by atoms with Gasteiger partial charge in [0.1, 0.15) is 17.6 Å². The maximum atomic E-state index is 13.2. The van der Waals surface area contributed by atoms with Crippen LogP contribution in [0.5, 0.6) is 5.75 Å². The molecule has 0 heterocycles. The molecule has 5 heteroatoms. The summed E-state index contributed by atoms with van der Waals surface area (Å²) in [5, 5.41) is 8.58. The van der Waals surface area contributed by atoms with Gasteiger partial charge in [-0.1, -0.05) is 0 Å². The van der Waals surface area contributed by atoms with E-state index in [1.807, 2.05) is 0 Å². The van der Waals surface area contributed by atoms with Crippen LogP contribution in [0.15, 0.2) is 18.2 Å². The minimum atomic E-state index is -1.16. The Labute approximate surface area is 86.5 Å². The molecule has 0 bridgehead atoms. The fraction of sp³-hybridized carbons (Fsp3) is 0.300. The van der Waals surface area contributed by atoms with E-state index in [0.717, 1.165) is 0 Å². The van der Waals surface area contributed by atoms with Crippen molar-refractivity contribution in [1.29, 1.82) is 0 Å². The lowest BCUT2D eigenvalue weighted by molar-refractivity contribution is -0.138. The van der Waals surface area contributed by atoms with Gasteiger partial charge >= 0.3 is 5.97 Å². The molecule has 1 atom stereocenters. The summed E-state index contributed by atoms with van der Waals surface area (Å²) in [6.45, 7) is 0. The average molecular weight is 213 g/mol. The van der Waals surface area contributed by atoms with Gasteiger partial charge in [0.25, 0.3) is 0 Å². The first-order valence-electron chi connectivity index (χ1n) is 4.35. The number of nitrogens with two attached hydrogens (primary N) is 1. The topological polar surface area (TPSA) is 72.5 Å². The molecule has 15 heavy (non-hydrogen) atoms. The summed E-state index contributed by atoms with van der Waals surface area (Å²) in [7, 11) is 1.45. The van der Waals surface area contributed by atoms with Gasteiger partial charge in [-0.2, -0.15) is 0 Å².